The molecule has 0 saturated carbocycles. The number of aliphatic hydroxyl groups excluding tert-OH is 1. The SMILES string of the molecule is COc1ccc(-c2ccc3n(c2=O)C[C@@H]2[C@@H](CO)[C@H](C(=O)N(C)C)[C@H]3N2C(=O)c2cnccn2)cc1. The Labute approximate surface area is 207 Å². The topological polar surface area (TPSA) is 118 Å². The van der Waals surface area contributed by atoms with Gasteiger partial charge in [-0.15, -0.1) is 0 Å². The fraction of sp³-hybridized carbons (Fsp3) is 0.346. The lowest BCUT2D eigenvalue weighted by molar-refractivity contribution is -0.135. The highest BCUT2D eigenvalue weighted by Crippen LogP contribution is 2.49. The molecule has 1 aromatic carbocycles. The summed E-state index contributed by atoms with van der Waals surface area (Å²) in [6.07, 6.45) is 4.30. The predicted molar refractivity (Wildman–Crippen MR) is 130 cm³/mol. The van der Waals surface area contributed by atoms with Crippen molar-refractivity contribution in [1.29, 1.82) is 0 Å². The number of amides is 2. The van der Waals surface area contributed by atoms with Crippen molar-refractivity contribution in [2.24, 2.45) is 11.8 Å². The van der Waals surface area contributed by atoms with Gasteiger partial charge in [0.1, 0.15) is 11.4 Å². The van der Waals surface area contributed by atoms with Crippen molar-refractivity contribution in [2.75, 3.05) is 27.8 Å². The zero-order valence-corrected chi connectivity index (χ0v) is 20.2. The van der Waals surface area contributed by atoms with E-state index >= 15 is 0 Å². The number of carbonyl (C=O) groups is 2. The van der Waals surface area contributed by atoms with Gasteiger partial charge in [-0.3, -0.25) is 19.4 Å². The molecule has 2 amide bonds. The fourth-order valence-electron chi connectivity index (χ4n) is 5.50. The van der Waals surface area contributed by atoms with Crippen LogP contribution in [0.2, 0.25) is 0 Å². The van der Waals surface area contributed by atoms with Crippen LogP contribution in [0.25, 0.3) is 11.1 Å². The van der Waals surface area contributed by atoms with Crippen LogP contribution in [-0.4, -0.2) is 75.1 Å². The summed E-state index contributed by atoms with van der Waals surface area (Å²) in [7, 11) is 4.87. The van der Waals surface area contributed by atoms with Crippen LogP contribution in [0, 0.1) is 11.8 Å². The Morgan fingerprint density at radius 1 is 1.14 bits per heavy atom. The molecule has 1 saturated heterocycles. The van der Waals surface area contributed by atoms with Gasteiger partial charge in [-0.25, -0.2) is 4.98 Å². The molecule has 1 N–H and O–H groups in total. The molecule has 4 atom stereocenters. The largest absolute Gasteiger partial charge is 0.497 e. The average molecular weight is 490 g/mol. The minimum atomic E-state index is -0.733. The summed E-state index contributed by atoms with van der Waals surface area (Å²) < 4.78 is 6.86. The van der Waals surface area contributed by atoms with E-state index in [1.165, 1.54) is 23.5 Å². The minimum Gasteiger partial charge on any atom is -0.497 e. The summed E-state index contributed by atoms with van der Waals surface area (Å²) in [4.78, 5) is 51.9. The van der Waals surface area contributed by atoms with Crippen LogP contribution < -0.4 is 10.3 Å². The molecule has 0 aliphatic carbocycles. The van der Waals surface area contributed by atoms with Crippen molar-refractivity contribution in [1.82, 2.24) is 24.3 Å². The van der Waals surface area contributed by atoms with Gasteiger partial charge in [0, 0.05) is 56.8 Å². The molecular weight excluding hydrogens is 462 g/mol. The van der Waals surface area contributed by atoms with Crippen molar-refractivity contribution in [2.45, 2.75) is 18.6 Å². The third-order valence-electron chi connectivity index (χ3n) is 7.19. The summed E-state index contributed by atoms with van der Waals surface area (Å²) in [6, 6.07) is 9.44. The third kappa shape index (κ3) is 3.65. The second kappa shape index (κ2) is 9.19. The molecule has 2 bridgehead atoms. The zero-order chi connectivity index (χ0) is 25.6. The Bertz CT molecular complexity index is 1360. The molecule has 1 fully saturated rings. The van der Waals surface area contributed by atoms with E-state index in [0.29, 0.717) is 17.0 Å². The van der Waals surface area contributed by atoms with Gasteiger partial charge in [0.15, 0.2) is 0 Å². The smallest absolute Gasteiger partial charge is 0.274 e. The van der Waals surface area contributed by atoms with E-state index in [4.69, 9.17) is 4.74 Å². The predicted octanol–water partition coefficient (Wildman–Crippen LogP) is 1.21. The first-order chi connectivity index (χ1) is 17.4. The summed E-state index contributed by atoms with van der Waals surface area (Å²) in [5.41, 5.74) is 1.73. The number of hydrogen-bond acceptors (Lipinski definition) is 7. The van der Waals surface area contributed by atoms with E-state index in [2.05, 4.69) is 9.97 Å². The highest BCUT2D eigenvalue weighted by atomic mass is 16.5. The van der Waals surface area contributed by atoms with E-state index in [0.717, 1.165) is 5.56 Å². The van der Waals surface area contributed by atoms with Crippen molar-refractivity contribution in [3.05, 3.63) is 76.7 Å². The van der Waals surface area contributed by atoms with E-state index in [1.54, 1.807) is 54.9 Å². The van der Waals surface area contributed by atoms with Crippen molar-refractivity contribution >= 4 is 11.8 Å². The van der Waals surface area contributed by atoms with Gasteiger partial charge in [-0.05, 0) is 29.8 Å². The number of nitrogens with zero attached hydrogens (tertiary/aromatic N) is 5. The molecule has 4 heterocycles. The average Bonchev–Trinajstić information content (AvgIpc) is 3.14. The van der Waals surface area contributed by atoms with E-state index in [-0.39, 0.29) is 36.2 Å². The number of carbonyl (C=O) groups excluding carboxylic acids is 2. The van der Waals surface area contributed by atoms with Crippen molar-refractivity contribution in [3.8, 4) is 16.9 Å². The number of rotatable bonds is 5. The van der Waals surface area contributed by atoms with Gasteiger partial charge in [0.25, 0.3) is 11.5 Å². The number of pyridine rings is 1. The first kappa shape index (κ1) is 23.7. The molecule has 0 radical (unpaired) electrons. The Hall–Kier alpha value is -4.05. The Morgan fingerprint density at radius 2 is 1.89 bits per heavy atom. The van der Waals surface area contributed by atoms with E-state index < -0.39 is 23.9 Å². The van der Waals surface area contributed by atoms with Gasteiger partial charge >= 0.3 is 0 Å². The number of fused-ring (bicyclic) bond motifs is 4. The standard InChI is InChI=1S/C26H27N5O5/c1-29(2)26(35)22-18(14-32)21-13-30-20(23(22)31(21)25(34)19-12-27-10-11-28-19)9-8-17(24(30)33)15-4-6-16(36-3)7-5-15/h4-12,18,21-23,32H,13-14H2,1-3H3/t18-,21-,22+,23+/m1/s1. The molecule has 186 valence electrons. The van der Waals surface area contributed by atoms with Crippen LogP contribution in [0.3, 0.4) is 0 Å². The first-order valence-corrected chi connectivity index (χ1v) is 11.7. The second-order valence-corrected chi connectivity index (χ2v) is 9.24. The lowest BCUT2D eigenvalue weighted by atomic mass is 9.86. The molecule has 2 aliphatic heterocycles. The number of ether oxygens (including phenoxy) is 1. The minimum absolute atomic E-state index is 0.146. The zero-order valence-electron chi connectivity index (χ0n) is 20.2. The summed E-state index contributed by atoms with van der Waals surface area (Å²) >= 11 is 0. The fourth-order valence-corrected chi connectivity index (χ4v) is 5.50. The van der Waals surface area contributed by atoms with E-state index in [1.807, 2.05) is 12.1 Å². The Balaban J connectivity index is 1.66. The van der Waals surface area contributed by atoms with Crippen LogP contribution in [0.5, 0.6) is 5.75 Å². The van der Waals surface area contributed by atoms with Gasteiger partial charge in [-0.1, -0.05) is 12.1 Å². The molecule has 10 heteroatoms. The molecule has 10 nitrogen and oxygen atoms in total. The summed E-state index contributed by atoms with van der Waals surface area (Å²) in [6.45, 7) is -0.146. The maximum atomic E-state index is 13.7. The van der Waals surface area contributed by atoms with Crippen LogP contribution in [0.15, 0.2) is 59.8 Å². The highest BCUT2D eigenvalue weighted by molar-refractivity contribution is 5.94. The molecule has 5 rings (SSSR count). The Kier molecular flexibility index (Phi) is 6.05. The molecule has 2 aliphatic rings. The quantitative estimate of drug-likeness (QED) is 0.572. The maximum Gasteiger partial charge on any atom is 0.274 e. The number of aliphatic hydroxyl groups is 1. The van der Waals surface area contributed by atoms with Gasteiger partial charge in [0.2, 0.25) is 5.91 Å². The van der Waals surface area contributed by atoms with Gasteiger partial charge in [0.05, 0.1) is 31.3 Å². The van der Waals surface area contributed by atoms with Crippen molar-refractivity contribution < 1.29 is 19.4 Å². The first-order valence-electron chi connectivity index (χ1n) is 11.7. The highest BCUT2D eigenvalue weighted by Gasteiger charge is 2.58. The van der Waals surface area contributed by atoms with Crippen LogP contribution >= 0.6 is 0 Å². The van der Waals surface area contributed by atoms with Gasteiger partial charge < -0.3 is 24.2 Å². The monoisotopic (exact) mass is 489 g/mol. The van der Waals surface area contributed by atoms with Crippen LogP contribution in [0.1, 0.15) is 22.2 Å². The lowest BCUT2D eigenvalue weighted by Gasteiger charge is -2.38. The lowest BCUT2D eigenvalue weighted by Crippen LogP contribution is -2.49. The second-order valence-electron chi connectivity index (χ2n) is 9.24. The molecule has 2 aromatic heterocycles. The van der Waals surface area contributed by atoms with Crippen LogP contribution in [0.4, 0.5) is 0 Å². The normalized spacial score (nSPS) is 22.2. The maximum absolute atomic E-state index is 13.7. The summed E-state index contributed by atoms with van der Waals surface area (Å²) in [5.74, 6) is -1.17. The van der Waals surface area contributed by atoms with Crippen molar-refractivity contribution in [3.63, 3.8) is 0 Å². The molecule has 3 aromatic rings. The third-order valence-corrected chi connectivity index (χ3v) is 7.19. The summed E-state index contributed by atoms with van der Waals surface area (Å²) in [5, 5.41) is 10.4. The molecule has 36 heavy (non-hydrogen) atoms. The number of benzene rings is 1. The number of hydrogen-bond donors (Lipinski definition) is 1. The molecular formula is C26H27N5O5. The van der Waals surface area contributed by atoms with Gasteiger partial charge in [-0.2, -0.15) is 0 Å². The molecule has 0 spiro atoms. The number of aromatic nitrogens is 3. The number of methoxy groups -OCH3 is 1. The van der Waals surface area contributed by atoms with Crippen LogP contribution in [-0.2, 0) is 11.3 Å². The Morgan fingerprint density at radius 3 is 2.50 bits per heavy atom. The van der Waals surface area contributed by atoms with E-state index in [9.17, 15) is 19.5 Å². The molecule has 0 unspecified atom stereocenters.